The van der Waals surface area contributed by atoms with Gasteiger partial charge in [-0.2, -0.15) is 0 Å². The first kappa shape index (κ1) is 17.2. The Morgan fingerprint density at radius 3 is 2.79 bits per heavy atom. The van der Waals surface area contributed by atoms with Gasteiger partial charge in [-0.05, 0) is 38.8 Å². The molecule has 1 N–H and O–H groups in total. The second-order valence-corrected chi connectivity index (χ2v) is 7.74. The monoisotopic (exact) mass is 379 g/mol. The van der Waals surface area contributed by atoms with Crippen LogP contribution in [0.15, 0.2) is 24.3 Å². The molecule has 2 aromatic heterocycles. The molecule has 8 nitrogen and oxygen atoms in total. The number of aromatic nitrogens is 4. The second kappa shape index (κ2) is 6.61. The van der Waals surface area contributed by atoms with Crippen LogP contribution in [-0.4, -0.2) is 62.7 Å². The zero-order valence-corrected chi connectivity index (χ0v) is 16.3. The highest BCUT2D eigenvalue weighted by atomic mass is 16.2. The Kier molecular flexibility index (Phi) is 4.07. The molecule has 1 aliphatic heterocycles. The Hall–Kier alpha value is -2.90. The van der Waals surface area contributed by atoms with Crippen LogP contribution in [0.25, 0.3) is 16.6 Å². The van der Waals surface area contributed by atoms with E-state index in [1.54, 1.807) is 0 Å². The molecule has 0 radical (unpaired) electrons. The predicted molar refractivity (Wildman–Crippen MR) is 108 cm³/mol. The van der Waals surface area contributed by atoms with Crippen LogP contribution in [0.4, 0.5) is 10.7 Å². The van der Waals surface area contributed by atoms with Gasteiger partial charge < -0.3 is 15.1 Å². The highest BCUT2D eigenvalue weighted by Crippen LogP contribution is 2.40. The summed E-state index contributed by atoms with van der Waals surface area (Å²) in [5, 5.41) is 13.0. The van der Waals surface area contributed by atoms with Gasteiger partial charge in [-0.15, -0.1) is 10.2 Å². The minimum Gasteiger partial charge on any atom is -0.338 e. The van der Waals surface area contributed by atoms with E-state index in [4.69, 9.17) is 4.98 Å². The summed E-state index contributed by atoms with van der Waals surface area (Å²) in [5.41, 5.74) is 1.81. The number of nitrogens with zero attached hydrogens (tertiary/aromatic N) is 6. The number of urea groups is 1. The van der Waals surface area contributed by atoms with E-state index < -0.39 is 0 Å². The van der Waals surface area contributed by atoms with Crippen LogP contribution >= 0.6 is 0 Å². The summed E-state index contributed by atoms with van der Waals surface area (Å²) in [6.45, 7) is 6.83. The summed E-state index contributed by atoms with van der Waals surface area (Å²) in [5.74, 6) is 2.39. The van der Waals surface area contributed by atoms with Crippen molar-refractivity contribution in [3.8, 4) is 0 Å². The summed E-state index contributed by atoms with van der Waals surface area (Å²) in [6.07, 6.45) is 2.32. The predicted octanol–water partition coefficient (Wildman–Crippen LogP) is 2.39. The van der Waals surface area contributed by atoms with Crippen molar-refractivity contribution >= 4 is 28.5 Å². The van der Waals surface area contributed by atoms with Gasteiger partial charge in [-0.3, -0.25) is 0 Å². The third-order valence-corrected chi connectivity index (χ3v) is 5.70. The molecule has 1 saturated carbocycles. The van der Waals surface area contributed by atoms with Gasteiger partial charge in [0.2, 0.25) is 5.95 Å². The molecule has 146 valence electrons. The van der Waals surface area contributed by atoms with Gasteiger partial charge in [-0.1, -0.05) is 12.1 Å². The Morgan fingerprint density at radius 2 is 2.04 bits per heavy atom. The number of rotatable bonds is 3. The molecular formula is C20H25N7O. The molecule has 2 amide bonds. The van der Waals surface area contributed by atoms with Crippen molar-refractivity contribution in [1.29, 1.82) is 0 Å². The first-order valence-electron chi connectivity index (χ1n) is 10.1. The van der Waals surface area contributed by atoms with E-state index in [9.17, 15) is 4.79 Å². The lowest BCUT2D eigenvalue weighted by atomic mass is 10.2. The third kappa shape index (κ3) is 2.75. The van der Waals surface area contributed by atoms with Crippen LogP contribution in [0.3, 0.4) is 0 Å². The fourth-order valence-corrected chi connectivity index (χ4v) is 4.10. The molecule has 5 rings (SSSR count). The van der Waals surface area contributed by atoms with Gasteiger partial charge in [-0.25, -0.2) is 14.2 Å². The Balaban J connectivity index is 1.56. The van der Waals surface area contributed by atoms with Crippen molar-refractivity contribution in [2.45, 2.75) is 38.6 Å². The Morgan fingerprint density at radius 1 is 1.21 bits per heavy atom. The van der Waals surface area contributed by atoms with Crippen LogP contribution in [-0.2, 0) is 0 Å². The summed E-state index contributed by atoms with van der Waals surface area (Å²) in [7, 11) is 0. The van der Waals surface area contributed by atoms with Crippen molar-refractivity contribution in [2.75, 3.05) is 31.1 Å². The molecule has 2 aliphatic rings. The van der Waals surface area contributed by atoms with Crippen LogP contribution < -0.4 is 10.2 Å². The molecule has 3 heterocycles. The molecule has 1 aromatic carbocycles. The lowest BCUT2D eigenvalue weighted by molar-refractivity contribution is 0.171. The van der Waals surface area contributed by atoms with Gasteiger partial charge in [0, 0.05) is 43.5 Å². The zero-order chi connectivity index (χ0) is 19.3. The molecule has 3 aromatic rings. The van der Waals surface area contributed by atoms with Crippen LogP contribution in [0.2, 0.25) is 0 Å². The average molecular weight is 379 g/mol. The molecule has 1 aliphatic carbocycles. The van der Waals surface area contributed by atoms with Crippen molar-refractivity contribution in [1.82, 2.24) is 29.8 Å². The lowest BCUT2D eigenvalue weighted by Crippen LogP contribution is -2.57. The van der Waals surface area contributed by atoms with Crippen molar-refractivity contribution in [2.24, 2.45) is 0 Å². The van der Waals surface area contributed by atoms with Gasteiger partial charge >= 0.3 is 6.03 Å². The number of para-hydroxylation sites is 1. The number of carbonyl (C=O) groups is 1. The summed E-state index contributed by atoms with van der Waals surface area (Å²) in [6, 6.07) is 8.21. The van der Waals surface area contributed by atoms with E-state index in [-0.39, 0.29) is 12.1 Å². The van der Waals surface area contributed by atoms with E-state index in [1.807, 2.05) is 30.0 Å². The number of nitrogens with one attached hydrogen (secondary N) is 1. The van der Waals surface area contributed by atoms with Gasteiger partial charge in [0.1, 0.15) is 5.82 Å². The molecule has 0 spiro atoms. The Bertz CT molecular complexity index is 1040. The number of anilines is 1. The van der Waals surface area contributed by atoms with Crippen molar-refractivity contribution in [3.05, 3.63) is 30.1 Å². The largest absolute Gasteiger partial charge is 0.338 e. The van der Waals surface area contributed by atoms with Gasteiger partial charge in [0.25, 0.3) is 0 Å². The highest BCUT2D eigenvalue weighted by molar-refractivity contribution is 5.92. The number of amides is 2. The summed E-state index contributed by atoms with van der Waals surface area (Å²) in [4.78, 5) is 21.5. The molecule has 28 heavy (non-hydrogen) atoms. The average Bonchev–Trinajstić information content (AvgIpc) is 3.45. The van der Waals surface area contributed by atoms with Crippen molar-refractivity contribution < 1.29 is 4.79 Å². The maximum absolute atomic E-state index is 12.3. The SMILES string of the molecule is CCNC(=O)N1CCN(c2nc3ccccc3c3nnc(C4CC4)n23)CC1C. The Labute approximate surface area is 163 Å². The van der Waals surface area contributed by atoms with Gasteiger partial charge in [0.15, 0.2) is 5.65 Å². The highest BCUT2D eigenvalue weighted by Gasteiger charge is 2.33. The fraction of sp³-hybridized carbons (Fsp3) is 0.500. The molecular weight excluding hydrogens is 354 g/mol. The number of carbonyl (C=O) groups excluding carboxylic acids is 1. The smallest absolute Gasteiger partial charge is 0.317 e. The molecule has 2 fully saturated rings. The van der Waals surface area contributed by atoms with Crippen molar-refractivity contribution in [3.63, 3.8) is 0 Å². The normalized spacial score (nSPS) is 20.1. The number of fused-ring (bicyclic) bond motifs is 3. The number of hydrogen-bond acceptors (Lipinski definition) is 5. The van der Waals surface area contributed by atoms with E-state index in [0.717, 1.165) is 54.3 Å². The topological polar surface area (TPSA) is 78.7 Å². The van der Waals surface area contributed by atoms with E-state index in [1.165, 1.54) is 0 Å². The third-order valence-electron chi connectivity index (χ3n) is 5.70. The lowest BCUT2D eigenvalue weighted by Gasteiger charge is -2.40. The minimum atomic E-state index is 0.00855. The number of benzene rings is 1. The first-order chi connectivity index (χ1) is 13.7. The number of hydrogen-bond donors (Lipinski definition) is 1. The second-order valence-electron chi connectivity index (χ2n) is 7.74. The van der Waals surface area contributed by atoms with Crippen LogP contribution in [0.1, 0.15) is 38.4 Å². The van der Waals surface area contributed by atoms with Crippen LogP contribution in [0, 0.1) is 0 Å². The van der Waals surface area contributed by atoms with Gasteiger partial charge in [0.05, 0.1) is 5.52 Å². The molecule has 1 atom stereocenters. The van der Waals surface area contributed by atoms with E-state index in [2.05, 4.69) is 37.8 Å². The van der Waals surface area contributed by atoms with Crippen LogP contribution in [0.5, 0.6) is 0 Å². The minimum absolute atomic E-state index is 0.00855. The number of piperazine rings is 1. The quantitative estimate of drug-likeness (QED) is 0.756. The maximum atomic E-state index is 12.3. The van der Waals surface area contributed by atoms with E-state index in [0.29, 0.717) is 19.0 Å². The molecule has 1 unspecified atom stereocenters. The summed E-state index contributed by atoms with van der Waals surface area (Å²) >= 11 is 0. The molecule has 0 bridgehead atoms. The molecule has 1 saturated heterocycles. The van der Waals surface area contributed by atoms with E-state index >= 15 is 0 Å². The maximum Gasteiger partial charge on any atom is 0.317 e. The molecule has 8 heteroatoms. The standard InChI is InChI=1S/C20H25N7O/c1-3-21-20(28)26-11-10-25(12-13(26)2)19-22-16-7-5-4-6-15(16)18-24-23-17(27(18)19)14-8-9-14/h4-7,13-14H,3,8-12H2,1-2H3,(H,21,28). The summed E-state index contributed by atoms with van der Waals surface area (Å²) < 4.78 is 2.15. The first-order valence-corrected chi connectivity index (χ1v) is 10.1. The fourth-order valence-electron chi connectivity index (χ4n) is 4.10. The zero-order valence-electron chi connectivity index (χ0n) is 16.3.